The summed E-state index contributed by atoms with van der Waals surface area (Å²) in [5.74, 6) is 0. The van der Waals surface area contributed by atoms with Gasteiger partial charge in [-0.15, -0.1) is 0 Å². The van der Waals surface area contributed by atoms with Crippen LogP contribution in [0.5, 0.6) is 0 Å². The van der Waals surface area contributed by atoms with Crippen LogP contribution in [0.4, 0.5) is 15.3 Å². The van der Waals surface area contributed by atoms with Gasteiger partial charge in [0.2, 0.25) is 0 Å². The van der Waals surface area contributed by atoms with Crippen LogP contribution >= 0.6 is 15.9 Å². The van der Waals surface area contributed by atoms with E-state index < -0.39 is 23.4 Å². The number of carbonyl (C=O) groups is 2. The SMILES string of the molecule is CC(C)(C)OC(=O)N(C(=O)OC(C)(C)C)c1ccc(-c2ccc(Br)cc2)cc1. The molecule has 0 unspecified atom stereocenters. The van der Waals surface area contributed by atoms with Crippen molar-refractivity contribution >= 4 is 33.8 Å². The summed E-state index contributed by atoms with van der Waals surface area (Å²) in [5, 5.41) is 0. The first kappa shape index (κ1) is 22.0. The molecule has 0 aliphatic rings. The van der Waals surface area contributed by atoms with Crippen LogP contribution in [0.25, 0.3) is 11.1 Å². The van der Waals surface area contributed by atoms with E-state index in [4.69, 9.17) is 9.47 Å². The van der Waals surface area contributed by atoms with Crippen LogP contribution in [0.2, 0.25) is 0 Å². The molecule has 0 saturated heterocycles. The fourth-order valence-corrected chi connectivity index (χ4v) is 2.61. The molecule has 0 aromatic heterocycles. The van der Waals surface area contributed by atoms with Crippen molar-refractivity contribution in [1.29, 1.82) is 0 Å². The lowest BCUT2D eigenvalue weighted by atomic mass is 10.1. The predicted octanol–water partition coefficient (Wildman–Crippen LogP) is 6.79. The first-order valence-electron chi connectivity index (χ1n) is 8.98. The molecule has 0 bridgehead atoms. The predicted molar refractivity (Wildman–Crippen MR) is 115 cm³/mol. The summed E-state index contributed by atoms with van der Waals surface area (Å²) in [6.07, 6.45) is -1.56. The zero-order chi connectivity index (χ0) is 21.1. The number of benzene rings is 2. The minimum Gasteiger partial charge on any atom is -0.443 e. The van der Waals surface area contributed by atoms with Gasteiger partial charge < -0.3 is 9.47 Å². The number of ether oxygens (including phenoxy) is 2. The van der Waals surface area contributed by atoms with Gasteiger partial charge >= 0.3 is 12.2 Å². The first-order chi connectivity index (χ1) is 12.9. The van der Waals surface area contributed by atoms with Gasteiger partial charge in [0, 0.05) is 4.47 Å². The highest BCUT2D eigenvalue weighted by molar-refractivity contribution is 9.10. The average Bonchev–Trinajstić information content (AvgIpc) is 2.53. The Morgan fingerprint density at radius 1 is 0.714 bits per heavy atom. The molecule has 0 radical (unpaired) electrons. The molecule has 0 fully saturated rings. The van der Waals surface area contributed by atoms with Crippen molar-refractivity contribution in [3.63, 3.8) is 0 Å². The number of halogens is 1. The molecular weight excluding hydrogens is 422 g/mol. The summed E-state index contributed by atoms with van der Waals surface area (Å²) in [7, 11) is 0. The number of amides is 2. The van der Waals surface area contributed by atoms with Gasteiger partial charge in [-0.25, -0.2) is 9.59 Å². The van der Waals surface area contributed by atoms with Crippen molar-refractivity contribution < 1.29 is 19.1 Å². The molecule has 2 aromatic rings. The third-order valence-corrected chi connectivity index (χ3v) is 3.98. The third-order valence-electron chi connectivity index (χ3n) is 3.46. The summed E-state index contributed by atoms with van der Waals surface area (Å²) >= 11 is 3.42. The van der Waals surface area contributed by atoms with Crippen LogP contribution in [-0.2, 0) is 9.47 Å². The molecule has 2 aromatic carbocycles. The van der Waals surface area contributed by atoms with Crippen molar-refractivity contribution in [3.05, 3.63) is 53.0 Å². The number of anilines is 1. The highest BCUT2D eigenvalue weighted by Gasteiger charge is 2.32. The van der Waals surface area contributed by atoms with Crippen molar-refractivity contribution in [3.8, 4) is 11.1 Å². The van der Waals surface area contributed by atoms with E-state index in [-0.39, 0.29) is 0 Å². The second-order valence-electron chi connectivity index (χ2n) is 8.35. The first-order valence-corrected chi connectivity index (χ1v) is 9.77. The fraction of sp³-hybridized carbons (Fsp3) is 0.364. The molecule has 150 valence electrons. The minimum absolute atomic E-state index is 0.379. The van der Waals surface area contributed by atoms with Crippen LogP contribution in [0, 0.1) is 0 Å². The van der Waals surface area contributed by atoms with Gasteiger partial charge in [0.15, 0.2) is 0 Å². The second-order valence-corrected chi connectivity index (χ2v) is 9.27. The Kier molecular flexibility index (Phi) is 6.55. The Morgan fingerprint density at radius 3 is 1.43 bits per heavy atom. The molecule has 28 heavy (non-hydrogen) atoms. The van der Waals surface area contributed by atoms with E-state index in [2.05, 4.69) is 15.9 Å². The number of hydrogen-bond acceptors (Lipinski definition) is 4. The van der Waals surface area contributed by atoms with Crippen molar-refractivity contribution in [1.82, 2.24) is 0 Å². The molecule has 0 aliphatic heterocycles. The Hall–Kier alpha value is -2.34. The van der Waals surface area contributed by atoms with Gasteiger partial charge in [-0.2, -0.15) is 4.90 Å². The van der Waals surface area contributed by atoms with Crippen LogP contribution in [0.3, 0.4) is 0 Å². The lowest BCUT2D eigenvalue weighted by Gasteiger charge is -2.28. The summed E-state index contributed by atoms with van der Waals surface area (Å²) in [4.78, 5) is 26.3. The molecule has 0 aliphatic carbocycles. The summed E-state index contributed by atoms with van der Waals surface area (Å²) < 4.78 is 11.8. The van der Waals surface area contributed by atoms with E-state index in [9.17, 15) is 9.59 Å². The Bertz CT molecular complexity index is 803. The Balaban J connectivity index is 2.35. The van der Waals surface area contributed by atoms with E-state index in [1.54, 1.807) is 53.7 Å². The summed E-state index contributed by atoms with van der Waals surface area (Å²) in [5.41, 5.74) is 0.883. The van der Waals surface area contributed by atoms with Gasteiger partial charge in [-0.05, 0) is 76.9 Å². The summed E-state index contributed by atoms with van der Waals surface area (Å²) in [6.45, 7) is 10.5. The highest BCUT2D eigenvalue weighted by Crippen LogP contribution is 2.27. The monoisotopic (exact) mass is 447 g/mol. The minimum atomic E-state index is -0.779. The van der Waals surface area contributed by atoms with E-state index in [0.29, 0.717) is 5.69 Å². The van der Waals surface area contributed by atoms with E-state index in [1.165, 1.54) is 0 Å². The molecule has 0 N–H and O–H groups in total. The molecule has 0 heterocycles. The quantitative estimate of drug-likeness (QED) is 0.508. The van der Waals surface area contributed by atoms with Crippen LogP contribution in [0.1, 0.15) is 41.5 Å². The van der Waals surface area contributed by atoms with E-state index in [1.807, 2.05) is 36.4 Å². The topological polar surface area (TPSA) is 55.8 Å². The zero-order valence-electron chi connectivity index (χ0n) is 17.1. The van der Waals surface area contributed by atoms with Crippen molar-refractivity contribution in [2.24, 2.45) is 0 Å². The number of carbonyl (C=O) groups excluding carboxylic acids is 2. The van der Waals surface area contributed by atoms with Crippen LogP contribution < -0.4 is 4.90 Å². The van der Waals surface area contributed by atoms with E-state index in [0.717, 1.165) is 20.5 Å². The lowest BCUT2D eigenvalue weighted by molar-refractivity contribution is 0.0431. The molecule has 0 atom stereocenters. The number of nitrogens with zero attached hydrogens (tertiary/aromatic N) is 1. The lowest BCUT2D eigenvalue weighted by Crippen LogP contribution is -2.43. The maximum absolute atomic E-state index is 12.7. The summed E-state index contributed by atoms with van der Waals surface area (Å²) in [6, 6.07) is 15.0. The Morgan fingerprint density at radius 2 is 1.07 bits per heavy atom. The second kappa shape index (κ2) is 8.35. The van der Waals surface area contributed by atoms with Gasteiger partial charge in [0.1, 0.15) is 11.2 Å². The molecule has 0 spiro atoms. The molecule has 2 amide bonds. The van der Waals surface area contributed by atoms with E-state index >= 15 is 0 Å². The number of imide groups is 1. The van der Waals surface area contributed by atoms with Gasteiger partial charge in [-0.3, -0.25) is 0 Å². The largest absolute Gasteiger partial charge is 0.443 e. The Labute approximate surface area is 174 Å². The molecule has 6 heteroatoms. The van der Waals surface area contributed by atoms with Gasteiger partial charge in [0.25, 0.3) is 0 Å². The van der Waals surface area contributed by atoms with Crippen molar-refractivity contribution in [2.75, 3.05) is 4.90 Å². The van der Waals surface area contributed by atoms with Crippen molar-refractivity contribution in [2.45, 2.75) is 52.7 Å². The third kappa shape index (κ3) is 6.37. The molecule has 0 saturated carbocycles. The zero-order valence-corrected chi connectivity index (χ0v) is 18.7. The standard InChI is InChI=1S/C22H26BrNO4/c1-21(2,3)27-19(25)24(20(26)28-22(4,5)6)18-13-9-16(10-14-18)15-7-11-17(23)12-8-15/h7-14H,1-6H3. The van der Waals surface area contributed by atoms with Gasteiger partial charge in [0.05, 0.1) is 5.69 Å². The maximum atomic E-state index is 12.7. The smallest absolute Gasteiger partial charge is 0.424 e. The molecule has 2 rings (SSSR count). The van der Waals surface area contributed by atoms with Crippen LogP contribution in [0.15, 0.2) is 53.0 Å². The number of hydrogen-bond donors (Lipinski definition) is 0. The van der Waals surface area contributed by atoms with Gasteiger partial charge in [-0.1, -0.05) is 40.2 Å². The average molecular weight is 448 g/mol. The fourth-order valence-electron chi connectivity index (χ4n) is 2.35. The maximum Gasteiger partial charge on any atom is 0.424 e. The number of rotatable bonds is 2. The molecular formula is C22H26BrNO4. The normalized spacial score (nSPS) is 11.7. The molecule has 5 nitrogen and oxygen atoms in total. The highest BCUT2D eigenvalue weighted by atomic mass is 79.9. The van der Waals surface area contributed by atoms with Crippen LogP contribution in [-0.4, -0.2) is 23.4 Å².